The maximum absolute atomic E-state index is 5.43. The van der Waals surface area contributed by atoms with Crippen molar-refractivity contribution in [1.82, 2.24) is 19.7 Å². The van der Waals surface area contributed by atoms with Crippen LogP contribution in [0.3, 0.4) is 0 Å². The van der Waals surface area contributed by atoms with Crippen LogP contribution in [0.5, 0.6) is 0 Å². The third-order valence-corrected chi connectivity index (χ3v) is 2.61. The molecule has 0 saturated heterocycles. The van der Waals surface area contributed by atoms with Crippen LogP contribution in [0.4, 0.5) is 5.82 Å². The minimum absolute atomic E-state index is 0.603. The number of fused-ring (bicyclic) bond motifs is 1. The second-order valence-electron chi connectivity index (χ2n) is 3.81. The first kappa shape index (κ1) is 9.86. The summed E-state index contributed by atoms with van der Waals surface area (Å²) in [4.78, 5) is 7.74. The number of nitrogen functional groups attached to an aromatic ring is 1. The average Bonchev–Trinajstić information content (AvgIpc) is 2.91. The first-order valence-corrected chi connectivity index (χ1v) is 5.23. The Balaban J connectivity index is 2.19. The summed E-state index contributed by atoms with van der Waals surface area (Å²) in [6.45, 7) is 0. The Kier molecular flexibility index (Phi) is 2.09. The van der Waals surface area contributed by atoms with Gasteiger partial charge in [0.05, 0.1) is 16.6 Å². The van der Waals surface area contributed by atoms with Crippen molar-refractivity contribution < 1.29 is 0 Å². The van der Waals surface area contributed by atoms with E-state index >= 15 is 0 Å². The number of hydrazine groups is 1. The predicted molar refractivity (Wildman–Crippen MR) is 66.1 cm³/mol. The van der Waals surface area contributed by atoms with E-state index < -0.39 is 0 Å². The normalized spacial score (nSPS) is 10.9. The molecule has 2 heterocycles. The maximum atomic E-state index is 5.43. The van der Waals surface area contributed by atoms with Crippen molar-refractivity contribution in [2.24, 2.45) is 12.9 Å². The van der Waals surface area contributed by atoms with Gasteiger partial charge in [-0.2, -0.15) is 5.10 Å². The van der Waals surface area contributed by atoms with E-state index in [1.165, 1.54) is 0 Å². The number of hydrogen-bond donors (Lipinski definition) is 3. The van der Waals surface area contributed by atoms with Crippen LogP contribution in [0.25, 0.3) is 22.4 Å². The fraction of sp³-hybridized carbons (Fsp3) is 0.0909. The number of para-hydroxylation sites is 2. The lowest BCUT2D eigenvalue weighted by Gasteiger charge is -1.95. The summed E-state index contributed by atoms with van der Waals surface area (Å²) >= 11 is 0. The second kappa shape index (κ2) is 3.60. The van der Waals surface area contributed by atoms with Crippen LogP contribution in [0.15, 0.2) is 30.5 Å². The zero-order chi connectivity index (χ0) is 11.8. The van der Waals surface area contributed by atoms with Gasteiger partial charge < -0.3 is 10.4 Å². The van der Waals surface area contributed by atoms with Crippen LogP contribution in [0, 0.1) is 0 Å². The predicted octanol–water partition coefficient (Wildman–Crippen LogP) is 1.25. The Bertz CT molecular complexity index is 632. The number of aryl methyl sites for hydroxylation is 1. The molecule has 0 atom stereocenters. The van der Waals surface area contributed by atoms with E-state index in [2.05, 4.69) is 20.5 Å². The molecule has 0 unspecified atom stereocenters. The van der Waals surface area contributed by atoms with E-state index in [-0.39, 0.29) is 0 Å². The number of nitrogens with zero attached hydrogens (tertiary/aromatic N) is 3. The molecule has 2 aromatic heterocycles. The SMILES string of the molecule is Cn1cc(-c2nc3ccccc3[nH]2)c(NN)n1. The second-order valence-corrected chi connectivity index (χ2v) is 3.81. The number of H-pyrrole nitrogens is 1. The fourth-order valence-corrected chi connectivity index (χ4v) is 1.85. The average molecular weight is 228 g/mol. The highest BCUT2D eigenvalue weighted by Gasteiger charge is 2.12. The lowest BCUT2D eigenvalue weighted by molar-refractivity contribution is 0.769. The van der Waals surface area contributed by atoms with Crippen molar-refractivity contribution in [3.63, 3.8) is 0 Å². The van der Waals surface area contributed by atoms with Crippen molar-refractivity contribution in [3.8, 4) is 11.4 Å². The molecule has 0 radical (unpaired) electrons. The number of nitrogens with two attached hydrogens (primary N) is 1. The molecule has 0 aliphatic rings. The molecular formula is C11H12N6. The van der Waals surface area contributed by atoms with Crippen molar-refractivity contribution in [2.45, 2.75) is 0 Å². The Labute approximate surface area is 97.4 Å². The summed E-state index contributed by atoms with van der Waals surface area (Å²) in [6, 6.07) is 7.87. The summed E-state index contributed by atoms with van der Waals surface area (Å²) in [5.74, 6) is 6.79. The molecule has 6 heteroatoms. The van der Waals surface area contributed by atoms with Gasteiger partial charge in [0.25, 0.3) is 0 Å². The van der Waals surface area contributed by atoms with Crippen molar-refractivity contribution in [1.29, 1.82) is 0 Å². The molecule has 0 saturated carbocycles. The molecule has 86 valence electrons. The lowest BCUT2D eigenvalue weighted by Crippen LogP contribution is -2.08. The van der Waals surface area contributed by atoms with Crippen LogP contribution in [0.1, 0.15) is 0 Å². The number of aromatic amines is 1. The number of rotatable bonds is 2. The van der Waals surface area contributed by atoms with E-state index in [4.69, 9.17) is 5.84 Å². The number of hydrogen-bond acceptors (Lipinski definition) is 4. The maximum Gasteiger partial charge on any atom is 0.173 e. The van der Waals surface area contributed by atoms with Gasteiger partial charge in [-0.1, -0.05) is 12.1 Å². The van der Waals surface area contributed by atoms with Gasteiger partial charge in [0.1, 0.15) is 5.82 Å². The highest BCUT2D eigenvalue weighted by Crippen LogP contribution is 2.25. The Morgan fingerprint density at radius 1 is 1.35 bits per heavy atom. The van der Waals surface area contributed by atoms with Crippen molar-refractivity contribution >= 4 is 16.9 Å². The Morgan fingerprint density at radius 3 is 2.94 bits per heavy atom. The van der Waals surface area contributed by atoms with Gasteiger partial charge in [-0.25, -0.2) is 10.8 Å². The van der Waals surface area contributed by atoms with Crippen LogP contribution in [-0.4, -0.2) is 19.7 Å². The topological polar surface area (TPSA) is 84.5 Å². The van der Waals surface area contributed by atoms with Crippen molar-refractivity contribution in [2.75, 3.05) is 5.43 Å². The number of aromatic nitrogens is 4. The van der Waals surface area contributed by atoms with Crippen LogP contribution < -0.4 is 11.3 Å². The molecule has 0 aliphatic carbocycles. The minimum Gasteiger partial charge on any atom is -0.338 e. The number of nitrogens with one attached hydrogen (secondary N) is 2. The Morgan fingerprint density at radius 2 is 2.18 bits per heavy atom. The van der Waals surface area contributed by atoms with Gasteiger partial charge in [-0.3, -0.25) is 4.68 Å². The third kappa shape index (κ3) is 1.55. The van der Waals surface area contributed by atoms with E-state index in [0.29, 0.717) is 5.82 Å². The molecule has 0 bridgehead atoms. The summed E-state index contributed by atoms with van der Waals surface area (Å²) in [5.41, 5.74) is 5.34. The quantitative estimate of drug-likeness (QED) is 0.455. The van der Waals surface area contributed by atoms with Gasteiger partial charge in [0.15, 0.2) is 5.82 Å². The molecule has 3 aromatic rings. The molecule has 17 heavy (non-hydrogen) atoms. The molecular weight excluding hydrogens is 216 g/mol. The van der Waals surface area contributed by atoms with Crippen LogP contribution >= 0.6 is 0 Å². The monoisotopic (exact) mass is 228 g/mol. The number of anilines is 1. The highest BCUT2D eigenvalue weighted by atomic mass is 15.4. The van der Waals surface area contributed by atoms with Gasteiger partial charge in [-0.05, 0) is 12.1 Å². The van der Waals surface area contributed by atoms with E-state index in [9.17, 15) is 0 Å². The molecule has 3 rings (SSSR count). The van der Waals surface area contributed by atoms with Crippen LogP contribution in [0.2, 0.25) is 0 Å². The lowest BCUT2D eigenvalue weighted by atomic mass is 10.3. The summed E-state index contributed by atoms with van der Waals surface area (Å²) < 4.78 is 1.69. The molecule has 4 N–H and O–H groups in total. The zero-order valence-electron chi connectivity index (χ0n) is 9.31. The molecule has 6 nitrogen and oxygen atoms in total. The molecule has 0 spiro atoms. The number of benzene rings is 1. The van der Waals surface area contributed by atoms with Crippen LogP contribution in [-0.2, 0) is 7.05 Å². The van der Waals surface area contributed by atoms with E-state index in [0.717, 1.165) is 22.4 Å². The van der Waals surface area contributed by atoms with E-state index in [1.54, 1.807) is 4.68 Å². The first-order chi connectivity index (χ1) is 8.28. The van der Waals surface area contributed by atoms with Gasteiger partial charge in [0, 0.05) is 13.2 Å². The first-order valence-electron chi connectivity index (χ1n) is 5.23. The third-order valence-electron chi connectivity index (χ3n) is 2.61. The summed E-state index contributed by atoms with van der Waals surface area (Å²) in [6.07, 6.45) is 1.87. The van der Waals surface area contributed by atoms with Gasteiger partial charge in [0.2, 0.25) is 0 Å². The zero-order valence-corrected chi connectivity index (χ0v) is 9.31. The smallest absolute Gasteiger partial charge is 0.173 e. The standard InChI is InChI=1S/C11H12N6/c1-17-6-7(11(15-12)16-17)10-13-8-4-2-3-5-9(8)14-10/h2-6H,12H2,1H3,(H,13,14)(H,15,16). The summed E-state index contributed by atoms with van der Waals surface area (Å²) in [7, 11) is 1.84. The van der Waals surface area contributed by atoms with Crippen molar-refractivity contribution in [3.05, 3.63) is 30.5 Å². The number of imidazole rings is 1. The van der Waals surface area contributed by atoms with Gasteiger partial charge >= 0.3 is 0 Å². The largest absolute Gasteiger partial charge is 0.338 e. The fourth-order valence-electron chi connectivity index (χ4n) is 1.85. The summed E-state index contributed by atoms with van der Waals surface area (Å²) in [5, 5.41) is 4.20. The molecule has 0 fully saturated rings. The Hall–Kier alpha value is -2.34. The minimum atomic E-state index is 0.603. The molecule has 0 amide bonds. The molecule has 0 aliphatic heterocycles. The molecule has 1 aromatic carbocycles. The van der Waals surface area contributed by atoms with Gasteiger partial charge in [-0.15, -0.1) is 0 Å². The highest BCUT2D eigenvalue weighted by molar-refractivity contribution is 5.81. The van der Waals surface area contributed by atoms with E-state index in [1.807, 2.05) is 37.5 Å².